The number of likely N-dealkylation sites (N-methyl/N-ethyl adjacent to an activating group) is 1. The molecule has 108 valence electrons. The van der Waals surface area contributed by atoms with E-state index in [4.69, 9.17) is 4.98 Å². The van der Waals surface area contributed by atoms with Crippen LogP contribution in [0, 0.1) is 0 Å². The monoisotopic (exact) mass is 298 g/mol. The molecule has 0 fully saturated rings. The lowest BCUT2D eigenvalue weighted by Gasteiger charge is -2.15. The molecule has 0 aliphatic rings. The number of hydrogen-bond acceptors (Lipinski definition) is 4. The number of para-hydroxylation sites is 1. The summed E-state index contributed by atoms with van der Waals surface area (Å²) in [5, 5.41) is 14.0. The van der Waals surface area contributed by atoms with Crippen molar-refractivity contribution in [2.75, 3.05) is 6.54 Å². The number of rotatable bonds is 5. The largest absolute Gasteiger partial charge is 0.508 e. The van der Waals surface area contributed by atoms with Crippen molar-refractivity contribution in [3.63, 3.8) is 0 Å². The molecule has 0 radical (unpaired) electrons. The van der Waals surface area contributed by atoms with Gasteiger partial charge in [0.15, 0.2) is 0 Å². The third-order valence-electron chi connectivity index (χ3n) is 3.44. The van der Waals surface area contributed by atoms with E-state index < -0.39 is 0 Å². The molecule has 1 heterocycles. The number of nitrogens with one attached hydrogen (secondary N) is 1. The zero-order chi connectivity index (χ0) is 14.7. The summed E-state index contributed by atoms with van der Waals surface area (Å²) >= 11 is 1.74. The second-order valence-electron chi connectivity index (χ2n) is 5.00. The van der Waals surface area contributed by atoms with Crippen molar-refractivity contribution in [1.29, 1.82) is 0 Å². The van der Waals surface area contributed by atoms with Crippen LogP contribution in [0.25, 0.3) is 10.2 Å². The molecular weight excluding hydrogens is 280 g/mol. The first-order valence-electron chi connectivity index (χ1n) is 7.13. The number of phenols is 1. The van der Waals surface area contributed by atoms with E-state index in [-0.39, 0.29) is 6.04 Å². The second kappa shape index (κ2) is 6.24. The van der Waals surface area contributed by atoms with Crippen LogP contribution < -0.4 is 5.32 Å². The summed E-state index contributed by atoms with van der Waals surface area (Å²) < 4.78 is 1.22. The third-order valence-corrected chi connectivity index (χ3v) is 4.59. The maximum absolute atomic E-state index is 9.38. The number of aromatic hydroxyl groups is 1. The molecule has 2 N–H and O–H groups in total. The highest BCUT2D eigenvalue weighted by Crippen LogP contribution is 2.28. The maximum Gasteiger partial charge on any atom is 0.115 e. The van der Waals surface area contributed by atoms with Gasteiger partial charge in [0, 0.05) is 0 Å². The minimum Gasteiger partial charge on any atom is -0.508 e. The number of fused-ring (bicyclic) bond motifs is 1. The molecule has 1 unspecified atom stereocenters. The van der Waals surface area contributed by atoms with Gasteiger partial charge in [-0.2, -0.15) is 0 Å². The van der Waals surface area contributed by atoms with Gasteiger partial charge >= 0.3 is 0 Å². The van der Waals surface area contributed by atoms with Crippen molar-refractivity contribution < 1.29 is 5.11 Å². The van der Waals surface area contributed by atoms with Gasteiger partial charge < -0.3 is 10.4 Å². The molecule has 4 heteroatoms. The third kappa shape index (κ3) is 3.23. The number of hydrogen-bond donors (Lipinski definition) is 2. The van der Waals surface area contributed by atoms with Gasteiger partial charge in [-0.15, -0.1) is 11.3 Å². The van der Waals surface area contributed by atoms with Gasteiger partial charge in [-0.05, 0) is 42.8 Å². The number of nitrogens with zero attached hydrogens (tertiary/aromatic N) is 1. The normalized spacial score (nSPS) is 12.6. The Kier molecular flexibility index (Phi) is 4.18. The predicted molar refractivity (Wildman–Crippen MR) is 87.8 cm³/mol. The lowest BCUT2D eigenvalue weighted by molar-refractivity contribution is 0.474. The van der Waals surface area contributed by atoms with Crippen LogP contribution in [0.4, 0.5) is 0 Å². The highest BCUT2D eigenvalue weighted by atomic mass is 32.1. The molecule has 0 saturated heterocycles. The molecular formula is C17H18N2OS. The van der Waals surface area contributed by atoms with E-state index in [2.05, 4.69) is 24.4 Å². The van der Waals surface area contributed by atoms with Gasteiger partial charge in [0.2, 0.25) is 0 Å². The average Bonchev–Trinajstić information content (AvgIpc) is 2.93. The zero-order valence-corrected chi connectivity index (χ0v) is 12.7. The first-order valence-corrected chi connectivity index (χ1v) is 7.94. The number of thiazole rings is 1. The fourth-order valence-corrected chi connectivity index (χ4v) is 3.44. The van der Waals surface area contributed by atoms with Crippen molar-refractivity contribution in [1.82, 2.24) is 10.3 Å². The van der Waals surface area contributed by atoms with Crippen LogP contribution in [-0.2, 0) is 6.42 Å². The van der Waals surface area contributed by atoms with Crippen molar-refractivity contribution >= 4 is 21.6 Å². The molecule has 1 aromatic heterocycles. The molecule has 1 atom stereocenters. The fraction of sp³-hybridized carbons (Fsp3) is 0.235. The van der Waals surface area contributed by atoms with Crippen LogP contribution in [-0.4, -0.2) is 16.6 Å². The molecule has 21 heavy (non-hydrogen) atoms. The highest BCUT2D eigenvalue weighted by Gasteiger charge is 2.16. The Morgan fingerprint density at radius 1 is 1.14 bits per heavy atom. The minimum atomic E-state index is 0.206. The van der Waals surface area contributed by atoms with Crippen LogP contribution >= 0.6 is 11.3 Å². The Labute approximate surface area is 128 Å². The lowest BCUT2D eigenvalue weighted by atomic mass is 10.1. The standard InChI is InChI=1S/C17H18N2OS/c1-2-18-15(11-12-7-9-13(20)10-8-12)17-19-14-5-3-4-6-16(14)21-17/h3-10,15,18,20H,2,11H2,1H3. The summed E-state index contributed by atoms with van der Waals surface area (Å²) in [7, 11) is 0. The van der Waals surface area contributed by atoms with Crippen LogP contribution in [0.1, 0.15) is 23.5 Å². The van der Waals surface area contributed by atoms with E-state index in [9.17, 15) is 5.11 Å². The fourth-order valence-electron chi connectivity index (χ4n) is 2.40. The molecule has 3 rings (SSSR count). The number of benzene rings is 2. The Bertz CT molecular complexity index is 688. The van der Waals surface area contributed by atoms with Crippen molar-refractivity contribution in [2.45, 2.75) is 19.4 Å². The Morgan fingerprint density at radius 3 is 2.62 bits per heavy atom. The molecule has 0 bridgehead atoms. The number of aromatic nitrogens is 1. The van der Waals surface area contributed by atoms with Gasteiger partial charge in [0.1, 0.15) is 10.8 Å². The highest BCUT2D eigenvalue weighted by molar-refractivity contribution is 7.18. The first-order chi connectivity index (χ1) is 10.3. The summed E-state index contributed by atoms with van der Waals surface area (Å²) in [6.45, 7) is 3.01. The van der Waals surface area contributed by atoms with E-state index in [1.165, 1.54) is 10.3 Å². The lowest BCUT2D eigenvalue weighted by Crippen LogP contribution is -2.22. The molecule has 2 aromatic carbocycles. The van der Waals surface area contributed by atoms with E-state index in [1.807, 2.05) is 24.3 Å². The summed E-state index contributed by atoms with van der Waals surface area (Å²) in [6, 6.07) is 15.8. The van der Waals surface area contributed by atoms with Crippen molar-refractivity contribution in [2.24, 2.45) is 0 Å². The van der Waals surface area contributed by atoms with Crippen LogP contribution in [0.2, 0.25) is 0 Å². The van der Waals surface area contributed by atoms with Crippen LogP contribution in [0.3, 0.4) is 0 Å². The SMILES string of the molecule is CCNC(Cc1ccc(O)cc1)c1nc2ccccc2s1. The molecule has 0 amide bonds. The Balaban J connectivity index is 1.87. The minimum absolute atomic E-state index is 0.206. The molecule has 0 aliphatic heterocycles. The van der Waals surface area contributed by atoms with E-state index in [0.29, 0.717) is 5.75 Å². The summed E-state index contributed by atoms with van der Waals surface area (Å²) in [5.41, 5.74) is 2.25. The van der Waals surface area contributed by atoms with Gasteiger partial charge in [-0.1, -0.05) is 31.2 Å². The molecule has 3 aromatic rings. The predicted octanol–water partition coefficient (Wildman–Crippen LogP) is 3.90. The van der Waals surface area contributed by atoms with Crippen molar-refractivity contribution in [3.05, 3.63) is 59.1 Å². The molecule has 0 saturated carbocycles. The van der Waals surface area contributed by atoms with E-state index in [0.717, 1.165) is 23.5 Å². The van der Waals surface area contributed by atoms with Gasteiger partial charge in [-0.3, -0.25) is 0 Å². The topological polar surface area (TPSA) is 45.1 Å². The molecule has 3 nitrogen and oxygen atoms in total. The van der Waals surface area contributed by atoms with E-state index >= 15 is 0 Å². The zero-order valence-electron chi connectivity index (χ0n) is 11.9. The first kappa shape index (κ1) is 14.0. The van der Waals surface area contributed by atoms with E-state index in [1.54, 1.807) is 23.5 Å². The van der Waals surface area contributed by atoms with Crippen molar-refractivity contribution in [3.8, 4) is 5.75 Å². The quantitative estimate of drug-likeness (QED) is 0.751. The summed E-state index contributed by atoms with van der Waals surface area (Å²) in [6.07, 6.45) is 0.869. The second-order valence-corrected chi connectivity index (χ2v) is 6.06. The molecule has 0 aliphatic carbocycles. The van der Waals surface area contributed by atoms with Crippen LogP contribution in [0.15, 0.2) is 48.5 Å². The maximum atomic E-state index is 9.38. The smallest absolute Gasteiger partial charge is 0.115 e. The summed E-state index contributed by atoms with van der Waals surface area (Å²) in [4.78, 5) is 4.75. The van der Waals surface area contributed by atoms with Crippen LogP contribution in [0.5, 0.6) is 5.75 Å². The van der Waals surface area contributed by atoms with Gasteiger partial charge in [0.05, 0.1) is 16.3 Å². The summed E-state index contributed by atoms with van der Waals surface area (Å²) in [5.74, 6) is 0.304. The Morgan fingerprint density at radius 2 is 1.90 bits per heavy atom. The van der Waals surface area contributed by atoms with Gasteiger partial charge in [-0.25, -0.2) is 4.98 Å². The van der Waals surface area contributed by atoms with Gasteiger partial charge in [0.25, 0.3) is 0 Å². The number of phenolic OH excluding ortho intramolecular Hbond substituents is 1. The molecule has 0 spiro atoms. The average molecular weight is 298 g/mol. The Hall–Kier alpha value is -1.91.